The zero-order valence-corrected chi connectivity index (χ0v) is 15.2. The summed E-state index contributed by atoms with van der Waals surface area (Å²) in [4.78, 5) is 12.9. The summed E-state index contributed by atoms with van der Waals surface area (Å²) in [7, 11) is -2.19. The summed E-state index contributed by atoms with van der Waals surface area (Å²) < 4.78 is 26.5. The molecule has 1 aliphatic carbocycles. The van der Waals surface area contributed by atoms with Crippen LogP contribution in [0.5, 0.6) is 0 Å². The molecule has 1 unspecified atom stereocenters. The number of aryl methyl sites for hydroxylation is 2. The van der Waals surface area contributed by atoms with Crippen LogP contribution >= 0.6 is 0 Å². The van der Waals surface area contributed by atoms with Gasteiger partial charge in [-0.1, -0.05) is 30.3 Å². The predicted molar refractivity (Wildman–Crippen MR) is 98.2 cm³/mol. The molecule has 0 heterocycles. The second-order valence-electron chi connectivity index (χ2n) is 6.32. The molecule has 2 aromatic carbocycles. The average molecular weight is 358 g/mol. The molecule has 0 bridgehead atoms. The molecular weight excluding hydrogens is 336 g/mol. The van der Waals surface area contributed by atoms with E-state index in [4.69, 9.17) is 0 Å². The number of fused-ring (bicyclic) bond motifs is 1. The fourth-order valence-corrected chi connectivity index (χ4v) is 4.33. The van der Waals surface area contributed by atoms with Crippen molar-refractivity contribution in [2.24, 2.45) is 0 Å². The number of hydrogen-bond donors (Lipinski definition) is 2. The Labute approximate surface area is 148 Å². The number of amides is 1. The smallest absolute Gasteiger partial charge is 0.240 e. The molecule has 2 N–H and O–H groups in total. The molecule has 3 rings (SSSR count). The predicted octanol–water partition coefficient (Wildman–Crippen LogP) is 2.96. The minimum atomic E-state index is -3.56. The first-order valence-corrected chi connectivity index (χ1v) is 9.83. The summed E-state index contributed by atoms with van der Waals surface area (Å²) in [6.45, 7) is 1.73. The van der Waals surface area contributed by atoms with Gasteiger partial charge in [-0.3, -0.25) is 4.79 Å². The zero-order chi connectivity index (χ0) is 18.0. The van der Waals surface area contributed by atoms with E-state index in [1.165, 1.54) is 18.7 Å². The molecule has 2 aromatic rings. The molecule has 1 amide bonds. The summed E-state index contributed by atoms with van der Waals surface area (Å²) >= 11 is 0. The van der Waals surface area contributed by atoms with Gasteiger partial charge in [0.05, 0.1) is 10.8 Å². The monoisotopic (exact) mass is 358 g/mol. The van der Waals surface area contributed by atoms with E-state index in [-0.39, 0.29) is 16.7 Å². The molecule has 6 heteroatoms. The number of carbonyl (C=O) groups excluding carboxylic acids is 1. The minimum absolute atomic E-state index is 0.0937. The van der Waals surface area contributed by atoms with Gasteiger partial charge in [0.15, 0.2) is 0 Å². The van der Waals surface area contributed by atoms with Gasteiger partial charge in [-0.15, -0.1) is 0 Å². The third-order valence-electron chi connectivity index (χ3n) is 4.70. The normalized spacial score (nSPS) is 17.0. The van der Waals surface area contributed by atoms with E-state index in [1.54, 1.807) is 19.1 Å². The Morgan fingerprint density at radius 1 is 1.16 bits per heavy atom. The summed E-state index contributed by atoms with van der Waals surface area (Å²) in [6, 6.07) is 13.0. The largest absolute Gasteiger partial charge is 0.326 e. The highest BCUT2D eigenvalue weighted by atomic mass is 32.2. The average Bonchev–Trinajstić information content (AvgIpc) is 2.62. The number of rotatable bonds is 4. The van der Waals surface area contributed by atoms with E-state index >= 15 is 0 Å². The lowest BCUT2D eigenvalue weighted by Crippen LogP contribution is -2.25. The number of sulfonamides is 1. The van der Waals surface area contributed by atoms with Crippen molar-refractivity contribution in [3.8, 4) is 0 Å². The third-order valence-corrected chi connectivity index (χ3v) is 6.26. The standard InChI is InChI=1S/C19H22N2O3S/c1-13-10-11-15(12-18(13)25(23,24)20-2)21-19(22)17-9-5-7-14-6-3-4-8-16(14)17/h3-4,6,8,10-12,17,20H,5,7,9H2,1-2H3,(H,21,22). The fourth-order valence-electron chi connectivity index (χ4n) is 3.33. The first-order valence-electron chi connectivity index (χ1n) is 8.35. The van der Waals surface area contributed by atoms with Crippen LogP contribution in [0.15, 0.2) is 47.4 Å². The van der Waals surface area contributed by atoms with Crippen LogP contribution in [0.1, 0.15) is 35.4 Å². The highest BCUT2D eigenvalue weighted by Gasteiger charge is 2.26. The van der Waals surface area contributed by atoms with Gasteiger partial charge in [-0.2, -0.15) is 0 Å². The number of carbonyl (C=O) groups is 1. The molecule has 132 valence electrons. The molecule has 0 radical (unpaired) electrons. The number of benzene rings is 2. The second kappa shape index (κ2) is 6.98. The molecule has 0 aromatic heterocycles. The Balaban J connectivity index is 1.87. The van der Waals surface area contributed by atoms with Crippen LogP contribution in [0.4, 0.5) is 5.69 Å². The van der Waals surface area contributed by atoms with Crippen LogP contribution in [0, 0.1) is 6.92 Å². The lowest BCUT2D eigenvalue weighted by Gasteiger charge is -2.24. The maximum absolute atomic E-state index is 12.8. The lowest BCUT2D eigenvalue weighted by atomic mass is 9.82. The van der Waals surface area contributed by atoms with Gasteiger partial charge in [0.1, 0.15) is 0 Å². The van der Waals surface area contributed by atoms with Crippen molar-refractivity contribution in [1.82, 2.24) is 4.72 Å². The molecule has 25 heavy (non-hydrogen) atoms. The van der Waals surface area contributed by atoms with Crippen LogP contribution < -0.4 is 10.0 Å². The third kappa shape index (κ3) is 3.60. The van der Waals surface area contributed by atoms with E-state index in [9.17, 15) is 13.2 Å². The van der Waals surface area contributed by atoms with Crippen LogP contribution in [0.2, 0.25) is 0 Å². The zero-order valence-electron chi connectivity index (χ0n) is 14.4. The van der Waals surface area contributed by atoms with Crippen molar-refractivity contribution in [1.29, 1.82) is 0 Å². The van der Waals surface area contributed by atoms with Crippen molar-refractivity contribution in [2.45, 2.75) is 37.0 Å². The minimum Gasteiger partial charge on any atom is -0.326 e. The van der Waals surface area contributed by atoms with Crippen LogP contribution in [0.25, 0.3) is 0 Å². The molecule has 0 aliphatic heterocycles. The van der Waals surface area contributed by atoms with Gasteiger partial charge in [0.25, 0.3) is 0 Å². The lowest BCUT2D eigenvalue weighted by molar-refractivity contribution is -0.117. The van der Waals surface area contributed by atoms with E-state index in [2.05, 4.69) is 16.1 Å². The molecular formula is C19H22N2O3S. The first kappa shape index (κ1) is 17.6. The Morgan fingerprint density at radius 3 is 2.68 bits per heavy atom. The second-order valence-corrected chi connectivity index (χ2v) is 8.18. The number of anilines is 1. The highest BCUT2D eigenvalue weighted by molar-refractivity contribution is 7.89. The molecule has 5 nitrogen and oxygen atoms in total. The molecule has 1 aliphatic rings. The summed E-state index contributed by atoms with van der Waals surface area (Å²) in [5.41, 5.74) is 3.42. The van der Waals surface area contributed by atoms with E-state index in [0.29, 0.717) is 11.3 Å². The van der Waals surface area contributed by atoms with Crippen molar-refractivity contribution in [3.63, 3.8) is 0 Å². The van der Waals surface area contributed by atoms with Gasteiger partial charge < -0.3 is 5.32 Å². The quantitative estimate of drug-likeness (QED) is 0.882. The summed E-state index contributed by atoms with van der Waals surface area (Å²) in [5, 5.41) is 2.89. The van der Waals surface area contributed by atoms with Gasteiger partial charge in [0.2, 0.25) is 15.9 Å². The molecule has 1 atom stereocenters. The number of hydrogen-bond acceptors (Lipinski definition) is 3. The SMILES string of the molecule is CNS(=O)(=O)c1cc(NC(=O)C2CCCc3ccccc32)ccc1C. The summed E-state index contributed by atoms with van der Waals surface area (Å²) in [5.74, 6) is -0.292. The maximum atomic E-state index is 12.8. The van der Waals surface area contributed by atoms with Crippen molar-refractivity contribution in [3.05, 3.63) is 59.2 Å². The first-order chi connectivity index (χ1) is 11.9. The van der Waals surface area contributed by atoms with E-state index in [0.717, 1.165) is 24.8 Å². The molecule has 0 spiro atoms. The Kier molecular flexibility index (Phi) is 4.92. The van der Waals surface area contributed by atoms with Crippen LogP contribution in [0.3, 0.4) is 0 Å². The van der Waals surface area contributed by atoms with Crippen molar-refractivity contribution < 1.29 is 13.2 Å². The fraction of sp³-hybridized carbons (Fsp3) is 0.316. The highest BCUT2D eigenvalue weighted by Crippen LogP contribution is 2.32. The van der Waals surface area contributed by atoms with Gasteiger partial charge in [0, 0.05) is 5.69 Å². The molecule has 0 saturated heterocycles. The molecule has 0 fully saturated rings. The number of nitrogens with one attached hydrogen (secondary N) is 2. The Hall–Kier alpha value is -2.18. The van der Waals surface area contributed by atoms with Crippen molar-refractivity contribution in [2.75, 3.05) is 12.4 Å². The van der Waals surface area contributed by atoms with E-state index < -0.39 is 10.0 Å². The van der Waals surface area contributed by atoms with Gasteiger partial charge >= 0.3 is 0 Å². The van der Waals surface area contributed by atoms with Crippen LogP contribution in [-0.4, -0.2) is 21.4 Å². The van der Waals surface area contributed by atoms with Gasteiger partial charge in [-0.25, -0.2) is 13.1 Å². The Morgan fingerprint density at radius 2 is 1.92 bits per heavy atom. The van der Waals surface area contributed by atoms with E-state index in [1.807, 2.05) is 18.2 Å². The van der Waals surface area contributed by atoms with Crippen molar-refractivity contribution >= 4 is 21.6 Å². The maximum Gasteiger partial charge on any atom is 0.240 e. The Bertz CT molecular complexity index is 907. The summed E-state index contributed by atoms with van der Waals surface area (Å²) in [6.07, 6.45) is 2.77. The molecule has 0 saturated carbocycles. The van der Waals surface area contributed by atoms with Crippen LogP contribution in [-0.2, 0) is 21.2 Å². The topological polar surface area (TPSA) is 75.3 Å². The van der Waals surface area contributed by atoms with Gasteiger partial charge in [-0.05, 0) is 62.1 Å².